The molecule has 8 nitrogen and oxygen atoms in total. The largest absolute Gasteiger partial charge is 0.493 e. The van der Waals surface area contributed by atoms with Gasteiger partial charge in [0.15, 0.2) is 11.5 Å². The summed E-state index contributed by atoms with van der Waals surface area (Å²) in [5.41, 5.74) is 3.52. The van der Waals surface area contributed by atoms with Gasteiger partial charge in [-0.25, -0.2) is 4.99 Å². The number of Topliss-reactive ketones (excluding diaryl/α,β-unsaturated/α-hetero) is 1. The first kappa shape index (κ1) is 40.3. The van der Waals surface area contributed by atoms with Crippen LogP contribution in [0.15, 0.2) is 65.7 Å². The van der Waals surface area contributed by atoms with Gasteiger partial charge in [-0.1, -0.05) is 86.0 Å². The lowest BCUT2D eigenvalue weighted by atomic mass is 9.76. The molecule has 0 aliphatic heterocycles. The Morgan fingerprint density at radius 1 is 0.820 bits per heavy atom. The lowest BCUT2D eigenvalue weighted by Crippen LogP contribution is -2.37. The summed E-state index contributed by atoms with van der Waals surface area (Å²) >= 11 is 6.44. The highest BCUT2D eigenvalue weighted by atomic mass is 35.5. The second kappa shape index (κ2) is 16.7. The third-order valence-electron chi connectivity index (χ3n) is 9.28. The molecule has 0 bridgehead atoms. The SMILES string of the molecule is CCC(C)(C)c1ccc(OCCCC(=O)Nc2ccc(Cl)c(NC(=O)C(=Nc3ccc(N(C)C)cc3)C(=O)C(C)(C)C)c2)c(C(C)(C)CC)c1. The number of nitrogens with zero attached hydrogens (tertiary/aromatic N) is 2. The van der Waals surface area contributed by atoms with E-state index in [1.165, 1.54) is 11.1 Å². The van der Waals surface area contributed by atoms with Gasteiger partial charge in [-0.2, -0.15) is 0 Å². The fraction of sp³-hybridized carbons (Fsp3) is 0.463. The van der Waals surface area contributed by atoms with Gasteiger partial charge in [-0.05, 0) is 84.2 Å². The first-order valence-electron chi connectivity index (χ1n) is 17.4. The number of hydrogen-bond donors (Lipinski definition) is 2. The molecule has 0 aromatic heterocycles. The van der Waals surface area contributed by atoms with Crippen LogP contribution in [-0.2, 0) is 25.2 Å². The Labute approximate surface area is 304 Å². The molecule has 0 aliphatic carbocycles. The highest BCUT2D eigenvalue weighted by Gasteiger charge is 2.31. The molecule has 3 aromatic rings. The summed E-state index contributed by atoms with van der Waals surface area (Å²) in [6.07, 6.45) is 2.76. The number of hydrogen-bond acceptors (Lipinski definition) is 6. The highest BCUT2D eigenvalue weighted by Crippen LogP contribution is 2.38. The van der Waals surface area contributed by atoms with Crippen LogP contribution in [0.2, 0.25) is 5.02 Å². The monoisotopic (exact) mass is 702 g/mol. The van der Waals surface area contributed by atoms with Crippen LogP contribution in [0.5, 0.6) is 5.75 Å². The second-order valence-electron chi connectivity index (χ2n) is 15.3. The predicted molar refractivity (Wildman–Crippen MR) is 209 cm³/mol. The molecule has 9 heteroatoms. The molecular formula is C41H55ClN4O4. The van der Waals surface area contributed by atoms with Crippen molar-refractivity contribution in [2.45, 2.75) is 98.8 Å². The summed E-state index contributed by atoms with van der Waals surface area (Å²) in [5, 5.41) is 5.87. The Kier molecular flexibility index (Phi) is 13.4. The fourth-order valence-electron chi connectivity index (χ4n) is 5.03. The van der Waals surface area contributed by atoms with Crippen molar-refractivity contribution in [2.24, 2.45) is 10.4 Å². The molecule has 50 heavy (non-hydrogen) atoms. The van der Waals surface area contributed by atoms with Crippen molar-refractivity contribution in [2.75, 3.05) is 36.2 Å². The zero-order valence-electron chi connectivity index (χ0n) is 31.7. The van der Waals surface area contributed by atoms with Gasteiger partial charge in [0, 0.05) is 42.9 Å². The Balaban J connectivity index is 1.69. The van der Waals surface area contributed by atoms with Crippen molar-refractivity contribution in [1.82, 2.24) is 0 Å². The van der Waals surface area contributed by atoms with E-state index in [0.717, 1.165) is 24.3 Å². The minimum atomic E-state index is -0.855. The Hall–Kier alpha value is -4.17. The molecule has 0 saturated carbocycles. The third kappa shape index (κ3) is 10.7. The number of aliphatic imine (C=N–C) groups is 1. The van der Waals surface area contributed by atoms with E-state index >= 15 is 0 Å². The number of nitrogens with one attached hydrogen (secondary N) is 2. The molecule has 0 atom stereocenters. The van der Waals surface area contributed by atoms with Crippen LogP contribution in [0.3, 0.4) is 0 Å². The van der Waals surface area contributed by atoms with Crippen molar-refractivity contribution >= 4 is 57.7 Å². The third-order valence-corrected chi connectivity index (χ3v) is 9.61. The topological polar surface area (TPSA) is 100 Å². The molecule has 3 rings (SSSR count). The van der Waals surface area contributed by atoms with E-state index in [9.17, 15) is 14.4 Å². The number of benzene rings is 3. The molecule has 0 aliphatic rings. The van der Waals surface area contributed by atoms with Crippen LogP contribution in [-0.4, -0.2) is 44.0 Å². The number of halogens is 1. The van der Waals surface area contributed by atoms with Crippen molar-refractivity contribution in [3.05, 3.63) is 76.8 Å². The van der Waals surface area contributed by atoms with Crippen molar-refractivity contribution in [1.29, 1.82) is 0 Å². The summed E-state index contributed by atoms with van der Waals surface area (Å²) in [6, 6.07) is 18.5. The molecule has 0 saturated heterocycles. The molecule has 0 unspecified atom stereocenters. The van der Waals surface area contributed by atoms with Crippen LogP contribution in [0.1, 0.15) is 99.1 Å². The zero-order chi connectivity index (χ0) is 37.4. The summed E-state index contributed by atoms with van der Waals surface area (Å²) in [7, 11) is 3.85. The van der Waals surface area contributed by atoms with E-state index in [-0.39, 0.29) is 39.6 Å². The molecule has 0 radical (unpaired) electrons. The van der Waals surface area contributed by atoms with Gasteiger partial charge in [-0.15, -0.1) is 0 Å². The maximum atomic E-state index is 13.5. The Bertz CT molecular complexity index is 1700. The predicted octanol–water partition coefficient (Wildman–Crippen LogP) is 9.91. The molecule has 2 amide bonds. The summed E-state index contributed by atoms with van der Waals surface area (Å²) < 4.78 is 6.24. The van der Waals surface area contributed by atoms with Gasteiger partial charge in [0.05, 0.1) is 23.0 Å². The average molecular weight is 703 g/mol. The Morgan fingerprint density at radius 3 is 2.04 bits per heavy atom. The molecule has 0 fully saturated rings. The van der Waals surface area contributed by atoms with Gasteiger partial charge in [0.2, 0.25) is 5.91 Å². The van der Waals surface area contributed by atoms with Crippen LogP contribution in [0.4, 0.5) is 22.7 Å². The van der Waals surface area contributed by atoms with E-state index in [0.29, 0.717) is 24.4 Å². The van der Waals surface area contributed by atoms with Crippen molar-refractivity contribution in [3.8, 4) is 5.75 Å². The van der Waals surface area contributed by atoms with Gasteiger partial charge < -0.3 is 20.3 Å². The summed E-state index contributed by atoms with van der Waals surface area (Å²) in [5.74, 6) is -0.459. The normalized spacial score (nSPS) is 12.4. The standard InChI is InChI=1S/C41H55ClN4O4/c1-12-40(6,7)27-16-23-34(31(25-27)41(8,9)13-2)50-24-14-15-35(47)43-29-19-22-32(42)33(26-29)45-38(49)36(37(48)39(3,4)5)44-28-17-20-30(21-18-28)46(10)11/h16-23,25-26H,12-15,24H2,1-11H3,(H,43,47)(H,45,49). The van der Waals surface area contributed by atoms with Gasteiger partial charge in [-0.3, -0.25) is 14.4 Å². The average Bonchev–Trinajstić information content (AvgIpc) is 3.06. The highest BCUT2D eigenvalue weighted by molar-refractivity contribution is 6.68. The van der Waals surface area contributed by atoms with Gasteiger partial charge >= 0.3 is 0 Å². The van der Waals surface area contributed by atoms with E-state index in [1.54, 1.807) is 51.1 Å². The number of anilines is 3. The fourth-order valence-corrected chi connectivity index (χ4v) is 5.20. The first-order chi connectivity index (χ1) is 23.3. The minimum Gasteiger partial charge on any atom is -0.493 e. The lowest BCUT2D eigenvalue weighted by Gasteiger charge is -2.30. The number of ether oxygens (including phenoxy) is 1. The number of ketones is 1. The molecule has 270 valence electrons. The Morgan fingerprint density at radius 2 is 1.46 bits per heavy atom. The molecule has 0 spiro atoms. The first-order valence-corrected chi connectivity index (χ1v) is 17.8. The number of amides is 2. The quantitative estimate of drug-likeness (QED) is 0.0933. The molecule has 3 aromatic carbocycles. The van der Waals surface area contributed by atoms with Gasteiger partial charge in [0.1, 0.15) is 5.75 Å². The molecule has 0 heterocycles. The number of carbonyl (C=O) groups is 3. The van der Waals surface area contributed by atoms with Crippen molar-refractivity contribution < 1.29 is 19.1 Å². The maximum absolute atomic E-state index is 13.5. The zero-order valence-corrected chi connectivity index (χ0v) is 32.5. The van der Waals surface area contributed by atoms with Crippen molar-refractivity contribution in [3.63, 3.8) is 0 Å². The maximum Gasteiger partial charge on any atom is 0.278 e. The second-order valence-corrected chi connectivity index (χ2v) is 15.7. The summed E-state index contributed by atoms with van der Waals surface area (Å²) in [6.45, 7) is 19.0. The van der Waals surface area contributed by atoms with Gasteiger partial charge in [0.25, 0.3) is 5.91 Å². The number of rotatable bonds is 15. The van der Waals surface area contributed by atoms with E-state index in [4.69, 9.17) is 16.3 Å². The van der Waals surface area contributed by atoms with Crippen LogP contribution in [0.25, 0.3) is 0 Å². The van der Waals surface area contributed by atoms with Crippen LogP contribution >= 0.6 is 11.6 Å². The van der Waals surface area contributed by atoms with E-state index in [1.807, 2.05) is 31.1 Å². The molecule has 2 N–H and O–H groups in total. The van der Waals surface area contributed by atoms with E-state index in [2.05, 4.69) is 75.4 Å². The van der Waals surface area contributed by atoms with E-state index < -0.39 is 17.1 Å². The minimum absolute atomic E-state index is 0.0571. The smallest absolute Gasteiger partial charge is 0.278 e. The van der Waals surface area contributed by atoms with Crippen LogP contribution in [0, 0.1) is 5.41 Å². The number of carbonyl (C=O) groups excluding carboxylic acids is 3. The lowest BCUT2D eigenvalue weighted by molar-refractivity contribution is -0.121. The molecular weight excluding hydrogens is 648 g/mol. The van der Waals surface area contributed by atoms with Crippen LogP contribution < -0.4 is 20.3 Å². The summed E-state index contributed by atoms with van der Waals surface area (Å²) in [4.78, 5) is 46.2.